The van der Waals surface area contributed by atoms with E-state index >= 15 is 0 Å². The van der Waals surface area contributed by atoms with Crippen molar-refractivity contribution < 1.29 is 14.9 Å². The molecular formula is C11H12O3. The SMILES string of the molecule is C#CCOc1ccc(CO)cc1CO. The summed E-state index contributed by atoms with van der Waals surface area (Å²) in [5, 5.41) is 17.9. The van der Waals surface area contributed by atoms with E-state index in [-0.39, 0.29) is 19.8 Å². The highest BCUT2D eigenvalue weighted by Gasteiger charge is 2.03. The summed E-state index contributed by atoms with van der Waals surface area (Å²) in [6.07, 6.45) is 5.05. The second kappa shape index (κ2) is 5.28. The molecule has 0 aliphatic carbocycles. The molecule has 0 atom stereocenters. The van der Waals surface area contributed by atoms with Gasteiger partial charge in [0.05, 0.1) is 13.2 Å². The van der Waals surface area contributed by atoms with Crippen LogP contribution in [0.2, 0.25) is 0 Å². The molecule has 1 rings (SSSR count). The van der Waals surface area contributed by atoms with Crippen molar-refractivity contribution in [1.82, 2.24) is 0 Å². The number of benzene rings is 1. The number of hydrogen-bond donors (Lipinski definition) is 2. The van der Waals surface area contributed by atoms with Gasteiger partial charge in [0.15, 0.2) is 0 Å². The Bertz CT molecular complexity index is 339. The Morgan fingerprint density at radius 1 is 1.29 bits per heavy atom. The van der Waals surface area contributed by atoms with Crippen LogP contribution in [0.5, 0.6) is 5.75 Å². The van der Waals surface area contributed by atoms with Gasteiger partial charge in [0.25, 0.3) is 0 Å². The normalized spacial score (nSPS) is 9.50. The van der Waals surface area contributed by atoms with Gasteiger partial charge < -0.3 is 14.9 Å². The molecule has 0 aromatic heterocycles. The molecule has 74 valence electrons. The summed E-state index contributed by atoms with van der Waals surface area (Å²) < 4.78 is 5.20. The van der Waals surface area contributed by atoms with Gasteiger partial charge in [-0.15, -0.1) is 6.42 Å². The Kier molecular flexibility index (Phi) is 3.99. The van der Waals surface area contributed by atoms with Crippen molar-refractivity contribution in [2.24, 2.45) is 0 Å². The first-order valence-corrected chi connectivity index (χ1v) is 4.21. The van der Waals surface area contributed by atoms with Gasteiger partial charge >= 0.3 is 0 Å². The predicted octanol–water partition coefficient (Wildman–Crippen LogP) is 0.683. The Morgan fingerprint density at radius 2 is 2.07 bits per heavy atom. The third-order valence-corrected chi connectivity index (χ3v) is 1.79. The lowest BCUT2D eigenvalue weighted by molar-refractivity contribution is 0.266. The van der Waals surface area contributed by atoms with Crippen LogP contribution in [0.4, 0.5) is 0 Å². The topological polar surface area (TPSA) is 49.7 Å². The molecule has 3 nitrogen and oxygen atoms in total. The van der Waals surface area contributed by atoms with E-state index in [2.05, 4.69) is 5.92 Å². The zero-order chi connectivity index (χ0) is 10.4. The Balaban J connectivity index is 2.88. The van der Waals surface area contributed by atoms with Crippen LogP contribution in [0.1, 0.15) is 11.1 Å². The summed E-state index contributed by atoms with van der Waals surface area (Å²) in [5.41, 5.74) is 1.37. The maximum Gasteiger partial charge on any atom is 0.148 e. The second-order valence-corrected chi connectivity index (χ2v) is 2.75. The molecule has 0 saturated heterocycles. The minimum absolute atomic E-state index is 0.0532. The van der Waals surface area contributed by atoms with Crippen LogP contribution in [0.3, 0.4) is 0 Å². The largest absolute Gasteiger partial charge is 0.481 e. The monoisotopic (exact) mass is 192 g/mol. The molecule has 1 aromatic carbocycles. The van der Waals surface area contributed by atoms with Crippen LogP contribution in [-0.4, -0.2) is 16.8 Å². The third-order valence-electron chi connectivity index (χ3n) is 1.79. The lowest BCUT2D eigenvalue weighted by atomic mass is 10.1. The molecular weight excluding hydrogens is 180 g/mol. The van der Waals surface area contributed by atoms with E-state index in [9.17, 15) is 0 Å². The molecule has 0 bridgehead atoms. The van der Waals surface area contributed by atoms with E-state index in [0.29, 0.717) is 11.3 Å². The lowest BCUT2D eigenvalue weighted by Gasteiger charge is -2.08. The summed E-state index contributed by atoms with van der Waals surface area (Å²) in [5.74, 6) is 2.90. The fraction of sp³-hybridized carbons (Fsp3) is 0.273. The Hall–Kier alpha value is -1.50. The molecule has 14 heavy (non-hydrogen) atoms. The van der Waals surface area contributed by atoms with Crippen LogP contribution < -0.4 is 4.74 Å². The van der Waals surface area contributed by atoms with Gasteiger partial charge in [0.2, 0.25) is 0 Å². The van der Waals surface area contributed by atoms with Crippen LogP contribution >= 0.6 is 0 Å². The summed E-state index contributed by atoms with van der Waals surface area (Å²) in [6, 6.07) is 5.10. The molecule has 0 saturated carbocycles. The quantitative estimate of drug-likeness (QED) is 0.690. The zero-order valence-electron chi connectivity index (χ0n) is 7.73. The van der Waals surface area contributed by atoms with Crippen LogP contribution in [-0.2, 0) is 13.2 Å². The minimum atomic E-state index is -0.131. The molecule has 0 radical (unpaired) electrons. The van der Waals surface area contributed by atoms with Gasteiger partial charge in [0, 0.05) is 5.56 Å². The molecule has 0 unspecified atom stereocenters. The van der Waals surface area contributed by atoms with Gasteiger partial charge in [-0.2, -0.15) is 0 Å². The molecule has 0 aliphatic heterocycles. The molecule has 0 aliphatic rings. The molecule has 2 N–H and O–H groups in total. The fourth-order valence-electron chi connectivity index (χ4n) is 1.11. The van der Waals surface area contributed by atoms with Crippen molar-refractivity contribution in [3.05, 3.63) is 29.3 Å². The van der Waals surface area contributed by atoms with E-state index in [1.165, 1.54) is 0 Å². The number of rotatable bonds is 4. The van der Waals surface area contributed by atoms with E-state index < -0.39 is 0 Å². The summed E-state index contributed by atoms with van der Waals surface area (Å²) in [4.78, 5) is 0. The van der Waals surface area contributed by atoms with Gasteiger partial charge in [-0.3, -0.25) is 0 Å². The minimum Gasteiger partial charge on any atom is -0.481 e. The summed E-state index contributed by atoms with van der Waals surface area (Å²) in [6.45, 7) is -0.0123. The molecule has 0 heterocycles. The first-order valence-electron chi connectivity index (χ1n) is 4.21. The first kappa shape index (κ1) is 10.6. The third kappa shape index (κ3) is 2.49. The van der Waals surface area contributed by atoms with Crippen LogP contribution in [0.25, 0.3) is 0 Å². The van der Waals surface area contributed by atoms with Gasteiger partial charge in [-0.1, -0.05) is 12.0 Å². The van der Waals surface area contributed by atoms with E-state index in [1.807, 2.05) is 0 Å². The number of hydrogen-bond acceptors (Lipinski definition) is 3. The zero-order valence-corrected chi connectivity index (χ0v) is 7.73. The first-order chi connectivity index (χ1) is 6.81. The lowest BCUT2D eigenvalue weighted by Crippen LogP contribution is -1.99. The number of terminal acetylenes is 1. The average molecular weight is 192 g/mol. The maximum absolute atomic E-state index is 9.02. The molecule has 1 aromatic rings. The standard InChI is InChI=1S/C11H12O3/c1-2-5-14-11-4-3-9(7-12)6-10(11)8-13/h1,3-4,6,12-13H,5,7-8H2. The molecule has 3 heteroatoms. The average Bonchev–Trinajstić information content (AvgIpc) is 2.26. The van der Waals surface area contributed by atoms with E-state index in [4.69, 9.17) is 21.4 Å². The van der Waals surface area contributed by atoms with Crippen molar-refractivity contribution >= 4 is 0 Å². The van der Waals surface area contributed by atoms with E-state index in [1.54, 1.807) is 18.2 Å². The molecule has 0 fully saturated rings. The highest BCUT2D eigenvalue weighted by molar-refractivity contribution is 5.36. The molecule has 0 spiro atoms. The van der Waals surface area contributed by atoms with Crippen molar-refractivity contribution in [3.63, 3.8) is 0 Å². The highest BCUT2D eigenvalue weighted by Crippen LogP contribution is 2.20. The van der Waals surface area contributed by atoms with Crippen molar-refractivity contribution in [2.45, 2.75) is 13.2 Å². The maximum atomic E-state index is 9.02. The number of aliphatic hydroxyl groups excluding tert-OH is 2. The smallest absolute Gasteiger partial charge is 0.148 e. The predicted molar refractivity (Wildman–Crippen MR) is 52.6 cm³/mol. The number of ether oxygens (including phenoxy) is 1. The van der Waals surface area contributed by atoms with Crippen LogP contribution in [0.15, 0.2) is 18.2 Å². The van der Waals surface area contributed by atoms with E-state index in [0.717, 1.165) is 5.56 Å². The molecule has 0 amide bonds. The number of aliphatic hydroxyl groups is 2. The fourth-order valence-corrected chi connectivity index (χ4v) is 1.11. The van der Waals surface area contributed by atoms with Gasteiger partial charge in [-0.05, 0) is 17.7 Å². The van der Waals surface area contributed by atoms with Gasteiger partial charge in [0.1, 0.15) is 12.4 Å². The van der Waals surface area contributed by atoms with Crippen molar-refractivity contribution in [2.75, 3.05) is 6.61 Å². The second-order valence-electron chi connectivity index (χ2n) is 2.75. The Morgan fingerprint density at radius 3 is 2.64 bits per heavy atom. The van der Waals surface area contributed by atoms with Crippen molar-refractivity contribution in [1.29, 1.82) is 0 Å². The summed E-state index contributed by atoms with van der Waals surface area (Å²) in [7, 11) is 0. The van der Waals surface area contributed by atoms with Crippen molar-refractivity contribution in [3.8, 4) is 18.1 Å². The highest BCUT2D eigenvalue weighted by atomic mass is 16.5. The summed E-state index contributed by atoms with van der Waals surface area (Å²) >= 11 is 0. The Labute approximate surface area is 83.0 Å². The van der Waals surface area contributed by atoms with Crippen LogP contribution in [0, 0.1) is 12.3 Å². The van der Waals surface area contributed by atoms with Gasteiger partial charge in [-0.25, -0.2) is 0 Å².